The second-order valence-electron chi connectivity index (χ2n) is 24.4. The number of para-hydroxylation sites is 4. The molecule has 0 aliphatic carbocycles. The van der Waals surface area contributed by atoms with Crippen LogP contribution in [0.2, 0.25) is 0 Å². The highest BCUT2D eigenvalue weighted by atomic mass is 15.2. The highest BCUT2D eigenvalue weighted by molar-refractivity contribution is 7.00. The number of rotatable bonds is 11. The summed E-state index contributed by atoms with van der Waals surface area (Å²) in [4.78, 5) is 15.9. The lowest BCUT2D eigenvalue weighted by molar-refractivity contribution is 1.14. The Hall–Kier alpha value is -12.4. The molecule has 2 aliphatic rings. The van der Waals surface area contributed by atoms with Gasteiger partial charge in [-0.1, -0.05) is 255 Å². The van der Waals surface area contributed by atoms with Crippen LogP contribution in [0, 0.1) is 0 Å². The summed E-state index contributed by atoms with van der Waals surface area (Å²) >= 11 is 0. The average Bonchev–Trinajstić information content (AvgIpc) is 0.804. The molecule has 0 saturated heterocycles. The van der Waals surface area contributed by atoms with Gasteiger partial charge in [-0.25, -0.2) is 9.97 Å². The number of aromatic nitrogens is 3. The first kappa shape index (κ1) is 54.5. The van der Waals surface area contributed by atoms with Crippen molar-refractivity contribution in [3.05, 3.63) is 352 Å². The monoisotopic (exact) mass is 1200 g/mol. The smallest absolute Gasteiger partial charge is 0.252 e. The molecule has 0 atom stereocenters. The standard InChI is InChI=1S/C88H58BN5/c1-7-27-59(28-8-1)66-49-67(60-29-9-2-10-30-60)52-71(51-66)92-83-45-25-21-41-76(83)89-77-42-22-26-46-84(77)93(72-53-68(61-31-11-3-12-32-61)50-69(54-72)62-33-13-4-14-34-62)86-57-70(56-85(92)87(86)89)65-47-48-82-75(55-65)73-39-19-23-43-80(73)94(82)81-44-24-20-40-74(81)88-90-78(63-35-15-5-16-36-63)58-79(91-88)64-37-17-6-18-38-64/h1-58H. The Balaban J connectivity index is 0.892. The molecule has 5 nitrogen and oxygen atoms in total. The maximum atomic E-state index is 5.38. The predicted octanol–water partition coefficient (Wildman–Crippen LogP) is 21.0. The minimum atomic E-state index is -0.0857. The molecule has 438 valence electrons. The molecule has 0 spiro atoms. The lowest BCUT2D eigenvalue weighted by atomic mass is 9.33. The summed E-state index contributed by atoms with van der Waals surface area (Å²) < 4.78 is 2.41. The molecule has 94 heavy (non-hydrogen) atoms. The largest absolute Gasteiger partial charge is 0.311 e. The van der Waals surface area contributed by atoms with E-state index in [4.69, 9.17) is 9.97 Å². The van der Waals surface area contributed by atoms with E-state index >= 15 is 0 Å². The summed E-state index contributed by atoms with van der Waals surface area (Å²) in [6, 6.07) is 128. The molecule has 0 amide bonds. The van der Waals surface area contributed by atoms with Crippen LogP contribution in [0.3, 0.4) is 0 Å². The Bertz CT molecular complexity index is 5190. The van der Waals surface area contributed by atoms with Crippen molar-refractivity contribution in [2.75, 3.05) is 9.80 Å². The molecule has 16 aromatic rings. The number of hydrogen-bond donors (Lipinski definition) is 0. The van der Waals surface area contributed by atoms with Gasteiger partial charge >= 0.3 is 0 Å². The van der Waals surface area contributed by atoms with Crippen LogP contribution in [0.1, 0.15) is 0 Å². The van der Waals surface area contributed by atoms with E-state index in [-0.39, 0.29) is 6.71 Å². The van der Waals surface area contributed by atoms with Gasteiger partial charge in [0.05, 0.1) is 28.1 Å². The Kier molecular flexibility index (Phi) is 13.3. The zero-order valence-corrected chi connectivity index (χ0v) is 51.3. The van der Waals surface area contributed by atoms with Crippen molar-refractivity contribution >= 4 is 79.0 Å². The Labute approximate surface area is 547 Å². The summed E-state index contributed by atoms with van der Waals surface area (Å²) in [5.41, 5.74) is 29.9. The molecule has 4 heterocycles. The summed E-state index contributed by atoms with van der Waals surface area (Å²) in [6.45, 7) is -0.0857. The first-order valence-corrected chi connectivity index (χ1v) is 32.2. The third-order valence-corrected chi connectivity index (χ3v) is 18.9. The first-order chi connectivity index (χ1) is 46.6. The van der Waals surface area contributed by atoms with Gasteiger partial charge in [0, 0.05) is 61.6 Å². The number of fused-ring (bicyclic) bond motifs is 7. The van der Waals surface area contributed by atoms with Gasteiger partial charge in [0.25, 0.3) is 6.71 Å². The average molecular weight is 1200 g/mol. The van der Waals surface area contributed by atoms with Crippen LogP contribution >= 0.6 is 0 Å². The quantitative estimate of drug-likeness (QED) is 0.121. The zero-order chi connectivity index (χ0) is 62.1. The van der Waals surface area contributed by atoms with Crippen LogP contribution in [0.5, 0.6) is 0 Å². The molecular formula is C88H58BN5. The van der Waals surface area contributed by atoms with Crippen LogP contribution in [0.4, 0.5) is 34.1 Å². The minimum Gasteiger partial charge on any atom is -0.311 e. The van der Waals surface area contributed by atoms with E-state index in [1.54, 1.807) is 0 Å². The van der Waals surface area contributed by atoms with Gasteiger partial charge in [0.1, 0.15) is 0 Å². The van der Waals surface area contributed by atoms with Gasteiger partial charge in [-0.05, 0) is 169 Å². The van der Waals surface area contributed by atoms with Crippen LogP contribution < -0.4 is 26.2 Å². The van der Waals surface area contributed by atoms with E-state index in [0.29, 0.717) is 5.82 Å². The molecule has 2 aromatic heterocycles. The highest BCUT2D eigenvalue weighted by Crippen LogP contribution is 2.49. The van der Waals surface area contributed by atoms with Gasteiger partial charge in [-0.15, -0.1) is 0 Å². The van der Waals surface area contributed by atoms with Crippen LogP contribution in [0.25, 0.3) is 117 Å². The van der Waals surface area contributed by atoms with E-state index in [0.717, 1.165) is 145 Å². The third kappa shape index (κ3) is 9.42. The third-order valence-electron chi connectivity index (χ3n) is 18.9. The molecule has 0 radical (unpaired) electrons. The number of hydrogen-bond acceptors (Lipinski definition) is 4. The summed E-state index contributed by atoms with van der Waals surface area (Å²) in [6.07, 6.45) is 0. The van der Waals surface area contributed by atoms with E-state index in [1.807, 2.05) is 12.1 Å². The molecule has 14 aromatic carbocycles. The zero-order valence-electron chi connectivity index (χ0n) is 51.3. The molecule has 0 N–H and O–H groups in total. The Morgan fingerprint density at radius 1 is 0.234 bits per heavy atom. The molecular weight excluding hydrogens is 1140 g/mol. The van der Waals surface area contributed by atoms with E-state index in [2.05, 4.69) is 354 Å². The highest BCUT2D eigenvalue weighted by Gasteiger charge is 2.44. The second kappa shape index (κ2) is 22.8. The van der Waals surface area contributed by atoms with Crippen molar-refractivity contribution in [3.8, 4) is 95.2 Å². The van der Waals surface area contributed by atoms with Crippen molar-refractivity contribution in [2.24, 2.45) is 0 Å². The molecule has 0 unspecified atom stereocenters. The van der Waals surface area contributed by atoms with Crippen molar-refractivity contribution in [3.63, 3.8) is 0 Å². The maximum absolute atomic E-state index is 5.38. The maximum Gasteiger partial charge on any atom is 0.252 e. The van der Waals surface area contributed by atoms with E-state index in [1.165, 1.54) is 16.4 Å². The molecule has 2 aliphatic heterocycles. The van der Waals surface area contributed by atoms with Crippen molar-refractivity contribution < 1.29 is 0 Å². The minimum absolute atomic E-state index is 0.0857. The van der Waals surface area contributed by atoms with E-state index in [9.17, 15) is 0 Å². The summed E-state index contributed by atoms with van der Waals surface area (Å²) in [7, 11) is 0. The first-order valence-electron chi connectivity index (χ1n) is 32.2. The fourth-order valence-corrected chi connectivity index (χ4v) is 14.6. The number of anilines is 6. The van der Waals surface area contributed by atoms with Crippen molar-refractivity contribution in [2.45, 2.75) is 0 Å². The summed E-state index contributed by atoms with van der Waals surface area (Å²) in [5, 5.41) is 2.30. The van der Waals surface area contributed by atoms with Gasteiger partial charge in [-0.2, -0.15) is 0 Å². The Morgan fingerprint density at radius 2 is 0.606 bits per heavy atom. The normalized spacial score (nSPS) is 12.2. The molecule has 0 fully saturated rings. The second-order valence-corrected chi connectivity index (χ2v) is 24.4. The van der Waals surface area contributed by atoms with Gasteiger partial charge in [0.2, 0.25) is 0 Å². The molecule has 6 heteroatoms. The van der Waals surface area contributed by atoms with Crippen LogP contribution in [-0.4, -0.2) is 21.2 Å². The molecule has 0 saturated carbocycles. The fraction of sp³-hybridized carbons (Fsp3) is 0. The van der Waals surface area contributed by atoms with Gasteiger partial charge < -0.3 is 14.4 Å². The molecule has 0 bridgehead atoms. The topological polar surface area (TPSA) is 37.2 Å². The lowest BCUT2D eigenvalue weighted by Crippen LogP contribution is -2.61. The van der Waals surface area contributed by atoms with E-state index < -0.39 is 0 Å². The predicted molar refractivity (Wildman–Crippen MR) is 394 cm³/mol. The molecule has 18 rings (SSSR count). The van der Waals surface area contributed by atoms with Gasteiger partial charge in [0.15, 0.2) is 5.82 Å². The van der Waals surface area contributed by atoms with Crippen molar-refractivity contribution in [1.29, 1.82) is 0 Å². The van der Waals surface area contributed by atoms with Crippen molar-refractivity contribution in [1.82, 2.24) is 14.5 Å². The fourth-order valence-electron chi connectivity index (χ4n) is 14.6. The summed E-state index contributed by atoms with van der Waals surface area (Å²) in [5.74, 6) is 0.660. The SMILES string of the molecule is c1ccc(-c2cc(-c3ccccc3)cc(N3c4ccccc4B4c5ccccc5N(c5cc(-c6ccccc6)cc(-c6ccccc6)c5)c5cc(-c6ccc7c(c6)c6ccccc6n7-c6ccccc6-c6nc(-c7ccccc7)cc(-c7ccccc7)n6)cc3c54)c2)cc1. The van der Waals surface area contributed by atoms with Gasteiger partial charge in [-0.3, -0.25) is 0 Å². The van der Waals surface area contributed by atoms with Crippen LogP contribution in [-0.2, 0) is 0 Å². The lowest BCUT2D eigenvalue weighted by Gasteiger charge is -2.44. The number of nitrogens with zero attached hydrogens (tertiary/aromatic N) is 5. The Morgan fingerprint density at radius 3 is 1.07 bits per heavy atom. The number of benzene rings is 14. The van der Waals surface area contributed by atoms with Crippen LogP contribution in [0.15, 0.2) is 352 Å².